The molecule has 0 aromatic rings. The molecule has 0 rings (SSSR count). The Labute approximate surface area is 63.4 Å². The molecule has 0 spiro atoms. The molecule has 0 aliphatic carbocycles. The lowest BCUT2D eigenvalue weighted by Crippen LogP contribution is -2.32. The number of thioether (sulfide) groups is 1. The van der Waals surface area contributed by atoms with Crippen LogP contribution in [0, 0.1) is 0 Å². The van der Waals surface area contributed by atoms with Crippen LogP contribution in [0.2, 0.25) is 0 Å². The zero-order valence-corrected chi connectivity index (χ0v) is 6.30. The summed E-state index contributed by atoms with van der Waals surface area (Å²) >= 11 is 1.33. The minimum absolute atomic E-state index is 0.0665. The monoisotopic (exact) mass is 165 g/mol. The molecule has 4 nitrogen and oxygen atoms in total. The van der Waals surface area contributed by atoms with Crippen molar-refractivity contribution in [1.82, 2.24) is 0 Å². The molecule has 0 unspecified atom stereocenters. The summed E-state index contributed by atoms with van der Waals surface area (Å²) in [5.41, 5.74) is 5.16. The van der Waals surface area contributed by atoms with Crippen molar-refractivity contribution < 1.29 is 15.0 Å². The van der Waals surface area contributed by atoms with Crippen LogP contribution in [0.4, 0.5) is 0 Å². The number of carboxylic acids is 1. The first-order chi connectivity index (χ1) is 4.68. The van der Waals surface area contributed by atoms with Crippen molar-refractivity contribution in [3.05, 3.63) is 0 Å². The smallest absolute Gasteiger partial charge is 0.321 e. The van der Waals surface area contributed by atoms with Crippen LogP contribution in [0.3, 0.4) is 0 Å². The summed E-state index contributed by atoms with van der Waals surface area (Å²) in [4.78, 5) is 10.1. The molecule has 0 radical (unpaired) electrons. The molecule has 0 aromatic heterocycles. The van der Waals surface area contributed by atoms with Gasteiger partial charge in [0.15, 0.2) is 0 Å². The molecule has 0 aromatic carbocycles. The number of carboxylic acid groups (broad SMARTS) is 1. The topological polar surface area (TPSA) is 83.5 Å². The molecular weight excluding hydrogens is 154 g/mol. The first kappa shape index (κ1) is 9.74. The van der Waals surface area contributed by atoms with E-state index in [2.05, 4.69) is 0 Å². The van der Waals surface area contributed by atoms with Gasteiger partial charge in [0.25, 0.3) is 0 Å². The standard InChI is InChI=1S/C5H11NO3S/c6-4(5(8)9)3-10-2-1-7/h4,7H,1-3,6H2,(H,8,9)/t4-/m0/s1. The Morgan fingerprint density at radius 3 is 2.70 bits per heavy atom. The number of rotatable bonds is 5. The van der Waals surface area contributed by atoms with Crippen molar-refractivity contribution in [2.24, 2.45) is 5.73 Å². The minimum atomic E-state index is -0.995. The van der Waals surface area contributed by atoms with E-state index in [1.807, 2.05) is 0 Å². The SMILES string of the molecule is N[C@@H](CSCCO)C(=O)O. The van der Waals surface area contributed by atoms with Gasteiger partial charge in [-0.15, -0.1) is 0 Å². The molecule has 0 saturated heterocycles. The Kier molecular flexibility index (Phi) is 5.38. The summed E-state index contributed by atoms with van der Waals surface area (Å²) in [7, 11) is 0. The normalized spacial score (nSPS) is 13.0. The highest BCUT2D eigenvalue weighted by atomic mass is 32.2. The van der Waals surface area contributed by atoms with Crippen molar-refractivity contribution in [1.29, 1.82) is 0 Å². The van der Waals surface area contributed by atoms with Crippen LogP contribution < -0.4 is 5.73 Å². The lowest BCUT2D eigenvalue weighted by atomic mass is 10.4. The maximum Gasteiger partial charge on any atom is 0.321 e. The van der Waals surface area contributed by atoms with Crippen LogP contribution in [0.25, 0.3) is 0 Å². The van der Waals surface area contributed by atoms with Crippen LogP contribution in [0.15, 0.2) is 0 Å². The van der Waals surface area contributed by atoms with E-state index >= 15 is 0 Å². The molecule has 5 heteroatoms. The minimum Gasteiger partial charge on any atom is -0.480 e. The van der Waals surface area contributed by atoms with Crippen molar-refractivity contribution in [2.75, 3.05) is 18.1 Å². The molecular formula is C5H11NO3S. The predicted octanol–water partition coefficient (Wildman–Crippen LogP) is -0.876. The molecule has 4 N–H and O–H groups in total. The zero-order valence-electron chi connectivity index (χ0n) is 5.49. The molecule has 0 bridgehead atoms. The van der Waals surface area contributed by atoms with Crippen molar-refractivity contribution in [3.63, 3.8) is 0 Å². The summed E-state index contributed by atoms with van der Waals surface area (Å²) in [6.45, 7) is 0.0665. The second-order valence-electron chi connectivity index (χ2n) is 1.74. The molecule has 0 amide bonds. The third kappa shape index (κ3) is 4.60. The third-order valence-electron chi connectivity index (χ3n) is 0.850. The van der Waals surface area contributed by atoms with Crippen molar-refractivity contribution >= 4 is 17.7 Å². The van der Waals surface area contributed by atoms with E-state index in [4.69, 9.17) is 15.9 Å². The fourth-order valence-electron chi connectivity index (χ4n) is 0.346. The molecule has 0 aliphatic heterocycles. The summed E-state index contributed by atoms with van der Waals surface area (Å²) < 4.78 is 0. The third-order valence-corrected chi connectivity index (χ3v) is 1.92. The van der Waals surface area contributed by atoms with Crippen LogP contribution in [0.5, 0.6) is 0 Å². The van der Waals surface area contributed by atoms with Gasteiger partial charge < -0.3 is 15.9 Å². The second-order valence-corrected chi connectivity index (χ2v) is 2.89. The summed E-state index contributed by atoms with van der Waals surface area (Å²) in [6, 6.07) is -0.809. The van der Waals surface area contributed by atoms with Crippen LogP contribution in [-0.2, 0) is 4.79 Å². The number of aliphatic hydroxyl groups is 1. The van der Waals surface area contributed by atoms with E-state index in [1.54, 1.807) is 0 Å². The molecule has 0 heterocycles. The Balaban J connectivity index is 3.21. The van der Waals surface area contributed by atoms with Gasteiger partial charge in [-0.25, -0.2) is 0 Å². The Morgan fingerprint density at radius 1 is 1.70 bits per heavy atom. The zero-order chi connectivity index (χ0) is 7.98. The van der Waals surface area contributed by atoms with Gasteiger partial charge in [0.1, 0.15) is 6.04 Å². The van der Waals surface area contributed by atoms with Gasteiger partial charge in [0.05, 0.1) is 6.61 Å². The maximum atomic E-state index is 10.1. The largest absolute Gasteiger partial charge is 0.480 e. The fraction of sp³-hybridized carbons (Fsp3) is 0.800. The Morgan fingerprint density at radius 2 is 2.30 bits per heavy atom. The highest BCUT2D eigenvalue weighted by Gasteiger charge is 2.09. The maximum absolute atomic E-state index is 10.1. The van der Waals surface area contributed by atoms with Gasteiger partial charge in [0, 0.05) is 11.5 Å². The molecule has 10 heavy (non-hydrogen) atoms. The quantitative estimate of drug-likeness (QED) is 0.461. The number of aliphatic hydroxyl groups excluding tert-OH is 1. The van der Waals surface area contributed by atoms with E-state index in [0.717, 1.165) is 0 Å². The number of hydrogen-bond donors (Lipinski definition) is 3. The highest BCUT2D eigenvalue weighted by Crippen LogP contribution is 1.99. The first-order valence-electron chi connectivity index (χ1n) is 2.85. The van der Waals surface area contributed by atoms with Gasteiger partial charge in [-0.2, -0.15) is 11.8 Å². The number of hydrogen-bond acceptors (Lipinski definition) is 4. The Bertz CT molecular complexity index is 109. The van der Waals surface area contributed by atoms with E-state index in [9.17, 15) is 4.79 Å². The number of carbonyl (C=O) groups is 1. The van der Waals surface area contributed by atoms with Crippen molar-refractivity contribution in [3.8, 4) is 0 Å². The lowest BCUT2D eigenvalue weighted by Gasteiger charge is -2.03. The molecule has 0 fully saturated rings. The van der Waals surface area contributed by atoms with Crippen LogP contribution in [0.1, 0.15) is 0 Å². The van der Waals surface area contributed by atoms with Gasteiger partial charge in [0.2, 0.25) is 0 Å². The summed E-state index contributed by atoms with van der Waals surface area (Å²) in [6.07, 6.45) is 0. The second kappa shape index (κ2) is 5.52. The van der Waals surface area contributed by atoms with Gasteiger partial charge in [-0.1, -0.05) is 0 Å². The van der Waals surface area contributed by atoms with Crippen LogP contribution in [-0.4, -0.2) is 40.3 Å². The van der Waals surface area contributed by atoms with E-state index in [0.29, 0.717) is 11.5 Å². The van der Waals surface area contributed by atoms with E-state index in [1.165, 1.54) is 11.8 Å². The summed E-state index contributed by atoms with van der Waals surface area (Å²) in [5, 5.41) is 16.6. The van der Waals surface area contributed by atoms with Crippen LogP contribution >= 0.6 is 11.8 Å². The number of aliphatic carboxylic acids is 1. The molecule has 0 aliphatic rings. The fourth-order valence-corrected chi connectivity index (χ4v) is 1.04. The van der Waals surface area contributed by atoms with Gasteiger partial charge in [-0.3, -0.25) is 4.79 Å². The van der Waals surface area contributed by atoms with E-state index in [-0.39, 0.29) is 6.61 Å². The molecule has 60 valence electrons. The average molecular weight is 165 g/mol. The first-order valence-corrected chi connectivity index (χ1v) is 4.01. The average Bonchev–Trinajstić information content (AvgIpc) is 1.88. The summed E-state index contributed by atoms with van der Waals surface area (Å²) in [5.74, 6) is -0.0953. The van der Waals surface area contributed by atoms with Crippen molar-refractivity contribution in [2.45, 2.75) is 6.04 Å². The molecule has 0 saturated carbocycles. The molecule has 1 atom stereocenters. The number of nitrogens with two attached hydrogens (primary N) is 1. The van der Waals surface area contributed by atoms with E-state index < -0.39 is 12.0 Å². The Hall–Kier alpha value is -0.260. The lowest BCUT2D eigenvalue weighted by molar-refractivity contribution is -0.137. The van der Waals surface area contributed by atoms with Gasteiger partial charge >= 0.3 is 5.97 Å². The van der Waals surface area contributed by atoms with Gasteiger partial charge in [-0.05, 0) is 0 Å². The predicted molar refractivity (Wildman–Crippen MR) is 40.0 cm³/mol. The highest BCUT2D eigenvalue weighted by molar-refractivity contribution is 7.99.